The standard InChI is InChI=1S/C16H23NO/c17-12-11-14-5-8-15(9-6-14)16(18)10-7-13-3-1-2-4-13/h5-6,8-9,13H,1-4,7,10-12,17H2. The van der Waals surface area contributed by atoms with Crippen LogP contribution >= 0.6 is 0 Å². The lowest BCUT2D eigenvalue weighted by molar-refractivity contribution is 0.0974. The molecular weight excluding hydrogens is 222 g/mol. The second-order valence-corrected chi connectivity index (χ2v) is 5.35. The van der Waals surface area contributed by atoms with Gasteiger partial charge in [-0.15, -0.1) is 0 Å². The van der Waals surface area contributed by atoms with Gasteiger partial charge in [0.15, 0.2) is 5.78 Å². The first-order valence-electron chi connectivity index (χ1n) is 7.12. The monoisotopic (exact) mass is 245 g/mol. The summed E-state index contributed by atoms with van der Waals surface area (Å²) < 4.78 is 0. The number of carbonyl (C=O) groups excluding carboxylic acids is 1. The van der Waals surface area contributed by atoms with Gasteiger partial charge in [-0.25, -0.2) is 0 Å². The van der Waals surface area contributed by atoms with Crippen molar-refractivity contribution in [2.24, 2.45) is 11.7 Å². The summed E-state index contributed by atoms with van der Waals surface area (Å²) in [5.41, 5.74) is 7.58. The zero-order chi connectivity index (χ0) is 12.8. The van der Waals surface area contributed by atoms with Gasteiger partial charge < -0.3 is 5.73 Å². The van der Waals surface area contributed by atoms with Crippen LogP contribution in [0.5, 0.6) is 0 Å². The molecule has 2 N–H and O–H groups in total. The molecule has 0 unspecified atom stereocenters. The van der Waals surface area contributed by atoms with E-state index in [1.54, 1.807) is 0 Å². The first kappa shape index (κ1) is 13.3. The number of rotatable bonds is 6. The highest BCUT2D eigenvalue weighted by molar-refractivity contribution is 5.96. The molecule has 0 radical (unpaired) electrons. The van der Waals surface area contributed by atoms with Crippen LogP contribution < -0.4 is 5.73 Å². The third kappa shape index (κ3) is 3.67. The minimum Gasteiger partial charge on any atom is -0.330 e. The summed E-state index contributed by atoms with van der Waals surface area (Å²) in [7, 11) is 0. The van der Waals surface area contributed by atoms with Crippen LogP contribution in [0.25, 0.3) is 0 Å². The molecule has 0 aliphatic heterocycles. The van der Waals surface area contributed by atoms with E-state index in [4.69, 9.17) is 5.73 Å². The molecule has 0 saturated heterocycles. The highest BCUT2D eigenvalue weighted by Gasteiger charge is 2.16. The summed E-state index contributed by atoms with van der Waals surface area (Å²) >= 11 is 0. The maximum atomic E-state index is 12.0. The third-order valence-corrected chi connectivity index (χ3v) is 3.96. The van der Waals surface area contributed by atoms with Gasteiger partial charge in [-0.1, -0.05) is 49.9 Å². The van der Waals surface area contributed by atoms with Crippen molar-refractivity contribution in [1.29, 1.82) is 0 Å². The van der Waals surface area contributed by atoms with Gasteiger partial charge in [0.25, 0.3) is 0 Å². The molecule has 0 aromatic heterocycles. The summed E-state index contributed by atoms with van der Waals surface area (Å²) in [4.78, 5) is 12.0. The maximum absolute atomic E-state index is 12.0. The summed E-state index contributed by atoms with van der Waals surface area (Å²) in [6.45, 7) is 0.662. The molecule has 1 aliphatic carbocycles. The SMILES string of the molecule is NCCc1ccc(C(=O)CCC2CCCC2)cc1. The van der Waals surface area contributed by atoms with Crippen LogP contribution in [0, 0.1) is 5.92 Å². The number of benzene rings is 1. The molecular formula is C16H23NO. The summed E-state index contributed by atoms with van der Waals surface area (Å²) in [6.07, 6.45) is 8.02. The van der Waals surface area contributed by atoms with E-state index in [1.165, 1.54) is 31.2 Å². The summed E-state index contributed by atoms with van der Waals surface area (Å²) in [6, 6.07) is 7.94. The maximum Gasteiger partial charge on any atom is 0.162 e. The van der Waals surface area contributed by atoms with E-state index < -0.39 is 0 Å². The van der Waals surface area contributed by atoms with Gasteiger partial charge in [-0.3, -0.25) is 4.79 Å². The van der Waals surface area contributed by atoms with Crippen molar-refractivity contribution in [2.75, 3.05) is 6.54 Å². The quantitative estimate of drug-likeness (QED) is 0.781. The Kier molecular flexibility index (Phi) is 4.94. The highest BCUT2D eigenvalue weighted by atomic mass is 16.1. The minimum absolute atomic E-state index is 0.293. The number of ketones is 1. The second kappa shape index (κ2) is 6.69. The lowest BCUT2D eigenvalue weighted by atomic mass is 9.97. The second-order valence-electron chi connectivity index (χ2n) is 5.35. The van der Waals surface area contributed by atoms with Crippen molar-refractivity contribution >= 4 is 5.78 Å². The van der Waals surface area contributed by atoms with Crippen LogP contribution in [-0.2, 0) is 6.42 Å². The molecule has 2 nitrogen and oxygen atoms in total. The lowest BCUT2D eigenvalue weighted by Crippen LogP contribution is -2.05. The molecule has 0 heterocycles. The third-order valence-electron chi connectivity index (χ3n) is 3.96. The van der Waals surface area contributed by atoms with E-state index in [1.807, 2.05) is 24.3 Å². The van der Waals surface area contributed by atoms with Crippen molar-refractivity contribution in [3.05, 3.63) is 35.4 Å². The van der Waals surface area contributed by atoms with E-state index in [9.17, 15) is 4.79 Å². The molecule has 1 fully saturated rings. The number of nitrogens with two attached hydrogens (primary N) is 1. The fourth-order valence-corrected chi connectivity index (χ4v) is 2.80. The Morgan fingerprint density at radius 2 is 1.83 bits per heavy atom. The van der Waals surface area contributed by atoms with Crippen LogP contribution in [0.15, 0.2) is 24.3 Å². The van der Waals surface area contributed by atoms with Gasteiger partial charge >= 0.3 is 0 Å². The average molecular weight is 245 g/mol. The van der Waals surface area contributed by atoms with Gasteiger partial charge in [-0.05, 0) is 30.9 Å². The molecule has 2 rings (SSSR count). The molecule has 98 valence electrons. The van der Waals surface area contributed by atoms with Crippen LogP contribution in [0.2, 0.25) is 0 Å². The first-order valence-corrected chi connectivity index (χ1v) is 7.12. The molecule has 2 heteroatoms. The van der Waals surface area contributed by atoms with E-state index in [2.05, 4.69) is 0 Å². The van der Waals surface area contributed by atoms with Gasteiger partial charge in [0.1, 0.15) is 0 Å². The van der Waals surface area contributed by atoms with Crippen molar-refractivity contribution in [2.45, 2.75) is 44.9 Å². The first-order chi connectivity index (χ1) is 8.79. The smallest absolute Gasteiger partial charge is 0.162 e. The van der Waals surface area contributed by atoms with Crippen molar-refractivity contribution in [1.82, 2.24) is 0 Å². The molecule has 0 bridgehead atoms. The Balaban J connectivity index is 1.83. The topological polar surface area (TPSA) is 43.1 Å². The largest absolute Gasteiger partial charge is 0.330 e. The predicted molar refractivity (Wildman–Crippen MR) is 74.7 cm³/mol. The van der Waals surface area contributed by atoms with Crippen molar-refractivity contribution in [3.8, 4) is 0 Å². The normalized spacial score (nSPS) is 16.1. The molecule has 0 atom stereocenters. The molecule has 0 spiro atoms. The number of carbonyl (C=O) groups is 1. The zero-order valence-electron chi connectivity index (χ0n) is 11.0. The van der Waals surface area contributed by atoms with Crippen LogP contribution in [0.3, 0.4) is 0 Å². The molecule has 1 aromatic rings. The van der Waals surface area contributed by atoms with Crippen LogP contribution in [0.1, 0.15) is 54.4 Å². The lowest BCUT2D eigenvalue weighted by Gasteiger charge is -2.08. The highest BCUT2D eigenvalue weighted by Crippen LogP contribution is 2.29. The Morgan fingerprint density at radius 1 is 1.17 bits per heavy atom. The number of hydrogen-bond acceptors (Lipinski definition) is 2. The molecule has 1 aromatic carbocycles. The fourth-order valence-electron chi connectivity index (χ4n) is 2.80. The van der Waals surface area contributed by atoms with Gasteiger partial charge in [0.2, 0.25) is 0 Å². The van der Waals surface area contributed by atoms with Crippen molar-refractivity contribution < 1.29 is 4.79 Å². The zero-order valence-corrected chi connectivity index (χ0v) is 11.0. The Morgan fingerprint density at radius 3 is 2.44 bits per heavy atom. The van der Waals surface area contributed by atoms with Crippen molar-refractivity contribution in [3.63, 3.8) is 0 Å². The van der Waals surface area contributed by atoms with Gasteiger partial charge in [0, 0.05) is 12.0 Å². The molecule has 1 saturated carbocycles. The summed E-state index contributed by atoms with van der Waals surface area (Å²) in [5.74, 6) is 1.09. The van der Waals surface area contributed by atoms with E-state index in [0.717, 1.165) is 24.3 Å². The van der Waals surface area contributed by atoms with Crippen LogP contribution in [-0.4, -0.2) is 12.3 Å². The van der Waals surface area contributed by atoms with E-state index in [-0.39, 0.29) is 0 Å². The predicted octanol–water partition coefficient (Wildman–Crippen LogP) is 3.34. The molecule has 18 heavy (non-hydrogen) atoms. The Hall–Kier alpha value is -1.15. The van der Waals surface area contributed by atoms with E-state index >= 15 is 0 Å². The molecule has 0 amide bonds. The minimum atomic E-state index is 0.293. The van der Waals surface area contributed by atoms with Gasteiger partial charge in [0.05, 0.1) is 0 Å². The average Bonchev–Trinajstić information content (AvgIpc) is 2.90. The Bertz CT molecular complexity index is 377. The van der Waals surface area contributed by atoms with Gasteiger partial charge in [-0.2, -0.15) is 0 Å². The van der Waals surface area contributed by atoms with E-state index in [0.29, 0.717) is 18.7 Å². The number of Topliss-reactive ketones (excluding diaryl/α,β-unsaturated/α-hetero) is 1. The fraction of sp³-hybridized carbons (Fsp3) is 0.562. The summed E-state index contributed by atoms with van der Waals surface area (Å²) in [5, 5.41) is 0. The van der Waals surface area contributed by atoms with Crippen LogP contribution in [0.4, 0.5) is 0 Å². The molecule has 1 aliphatic rings. The Labute approximate surface area is 110 Å². The number of hydrogen-bond donors (Lipinski definition) is 1.